The Morgan fingerprint density at radius 3 is 2.76 bits per heavy atom. The fraction of sp³-hybridized carbons (Fsp3) is 0.261. The summed E-state index contributed by atoms with van der Waals surface area (Å²) >= 11 is 1.64. The Balaban J connectivity index is 1.46. The van der Waals surface area contributed by atoms with E-state index < -0.39 is 0 Å². The summed E-state index contributed by atoms with van der Waals surface area (Å²) in [5.41, 5.74) is 6.07. The van der Waals surface area contributed by atoms with Crippen LogP contribution in [0.1, 0.15) is 38.7 Å². The van der Waals surface area contributed by atoms with Gasteiger partial charge >= 0.3 is 0 Å². The molecule has 146 valence electrons. The number of hydrogen-bond donors (Lipinski definition) is 0. The number of rotatable bonds is 4. The van der Waals surface area contributed by atoms with Gasteiger partial charge in [-0.25, -0.2) is 9.67 Å². The first kappa shape index (κ1) is 18.1. The van der Waals surface area contributed by atoms with Crippen LogP contribution in [-0.4, -0.2) is 32.6 Å². The molecule has 5 nitrogen and oxygen atoms in total. The van der Waals surface area contributed by atoms with Crippen LogP contribution < -0.4 is 0 Å². The molecule has 0 bridgehead atoms. The average Bonchev–Trinajstić information content (AvgIpc) is 3.42. The third-order valence-corrected chi connectivity index (χ3v) is 6.55. The molecule has 29 heavy (non-hydrogen) atoms. The molecule has 0 saturated heterocycles. The SMILES string of the molecule is Cc1ccccc1-n1nc(C(=O)N(C)Cc2nc3ccccc3s2)c2c1CCC2. The maximum Gasteiger partial charge on any atom is 0.274 e. The number of para-hydroxylation sites is 2. The summed E-state index contributed by atoms with van der Waals surface area (Å²) in [7, 11) is 1.84. The van der Waals surface area contributed by atoms with Crippen LogP contribution in [-0.2, 0) is 19.4 Å². The van der Waals surface area contributed by atoms with E-state index in [-0.39, 0.29) is 5.91 Å². The summed E-state index contributed by atoms with van der Waals surface area (Å²) in [5, 5.41) is 5.72. The minimum atomic E-state index is -0.0326. The second-order valence-electron chi connectivity index (χ2n) is 7.56. The van der Waals surface area contributed by atoms with Crippen molar-refractivity contribution in [2.24, 2.45) is 0 Å². The highest BCUT2D eigenvalue weighted by Gasteiger charge is 2.29. The molecule has 2 heterocycles. The molecule has 2 aromatic heterocycles. The Hall–Kier alpha value is -2.99. The van der Waals surface area contributed by atoms with Gasteiger partial charge in [0.25, 0.3) is 5.91 Å². The van der Waals surface area contributed by atoms with Crippen molar-refractivity contribution in [1.29, 1.82) is 0 Å². The molecule has 0 unspecified atom stereocenters. The van der Waals surface area contributed by atoms with Gasteiger partial charge in [0.15, 0.2) is 5.69 Å². The number of benzene rings is 2. The number of aromatic nitrogens is 3. The number of fused-ring (bicyclic) bond motifs is 2. The third-order valence-electron chi connectivity index (χ3n) is 5.53. The minimum Gasteiger partial charge on any atom is -0.334 e. The smallest absolute Gasteiger partial charge is 0.274 e. The van der Waals surface area contributed by atoms with Crippen LogP contribution in [0, 0.1) is 6.92 Å². The highest BCUT2D eigenvalue weighted by molar-refractivity contribution is 7.18. The van der Waals surface area contributed by atoms with E-state index in [0.717, 1.165) is 51.3 Å². The molecular formula is C23H22N4OS. The number of carbonyl (C=O) groups is 1. The van der Waals surface area contributed by atoms with E-state index in [2.05, 4.69) is 30.1 Å². The maximum absolute atomic E-state index is 13.3. The van der Waals surface area contributed by atoms with Gasteiger partial charge in [-0.3, -0.25) is 4.79 Å². The molecule has 1 aliphatic carbocycles. The normalized spacial score (nSPS) is 13.0. The molecule has 0 atom stereocenters. The molecular weight excluding hydrogens is 380 g/mol. The predicted octanol–water partition coefficient (Wildman–Crippen LogP) is 4.55. The summed E-state index contributed by atoms with van der Waals surface area (Å²) in [6, 6.07) is 16.3. The van der Waals surface area contributed by atoms with E-state index >= 15 is 0 Å². The fourth-order valence-corrected chi connectivity index (χ4v) is 5.07. The number of thiazole rings is 1. The minimum absolute atomic E-state index is 0.0326. The number of carbonyl (C=O) groups excluding carboxylic acids is 1. The zero-order valence-electron chi connectivity index (χ0n) is 16.6. The van der Waals surface area contributed by atoms with Crippen LogP contribution in [0.5, 0.6) is 0 Å². The lowest BCUT2D eigenvalue weighted by molar-refractivity contribution is 0.0777. The molecule has 1 aliphatic rings. The van der Waals surface area contributed by atoms with Crippen molar-refractivity contribution < 1.29 is 4.79 Å². The number of amides is 1. The monoisotopic (exact) mass is 402 g/mol. The van der Waals surface area contributed by atoms with Gasteiger partial charge < -0.3 is 4.90 Å². The van der Waals surface area contributed by atoms with E-state index in [1.165, 1.54) is 5.69 Å². The van der Waals surface area contributed by atoms with Gasteiger partial charge in [-0.1, -0.05) is 30.3 Å². The van der Waals surface area contributed by atoms with Gasteiger partial charge in [-0.15, -0.1) is 11.3 Å². The van der Waals surface area contributed by atoms with Crippen molar-refractivity contribution in [3.63, 3.8) is 0 Å². The Kier molecular flexibility index (Phi) is 4.43. The second-order valence-corrected chi connectivity index (χ2v) is 8.68. The van der Waals surface area contributed by atoms with Crippen LogP contribution in [0.4, 0.5) is 0 Å². The second kappa shape index (κ2) is 7.12. The average molecular weight is 403 g/mol. The molecule has 1 amide bonds. The van der Waals surface area contributed by atoms with Crippen LogP contribution in [0.15, 0.2) is 48.5 Å². The van der Waals surface area contributed by atoms with Crippen LogP contribution in [0.3, 0.4) is 0 Å². The molecule has 5 rings (SSSR count). The Morgan fingerprint density at radius 2 is 1.93 bits per heavy atom. The number of aryl methyl sites for hydroxylation is 1. The van der Waals surface area contributed by atoms with Gasteiger partial charge in [0, 0.05) is 18.3 Å². The van der Waals surface area contributed by atoms with E-state index in [0.29, 0.717) is 12.2 Å². The first-order chi connectivity index (χ1) is 14.1. The van der Waals surface area contributed by atoms with E-state index in [9.17, 15) is 4.79 Å². The first-order valence-electron chi connectivity index (χ1n) is 9.88. The maximum atomic E-state index is 13.3. The molecule has 0 aliphatic heterocycles. The van der Waals surface area contributed by atoms with E-state index in [1.54, 1.807) is 16.2 Å². The van der Waals surface area contributed by atoms with Gasteiger partial charge in [0.05, 0.1) is 22.4 Å². The van der Waals surface area contributed by atoms with E-state index in [1.807, 2.05) is 42.1 Å². The van der Waals surface area contributed by atoms with Crippen molar-refractivity contribution in [2.75, 3.05) is 7.05 Å². The van der Waals surface area contributed by atoms with Crippen LogP contribution in [0.2, 0.25) is 0 Å². The Bertz CT molecular complexity index is 1190. The number of nitrogens with zero attached hydrogens (tertiary/aromatic N) is 4. The van der Waals surface area contributed by atoms with Gasteiger partial charge in [0.1, 0.15) is 5.01 Å². The third kappa shape index (κ3) is 3.13. The molecule has 0 saturated carbocycles. The zero-order valence-corrected chi connectivity index (χ0v) is 17.4. The molecule has 0 spiro atoms. The van der Waals surface area contributed by atoms with Crippen LogP contribution in [0.25, 0.3) is 15.9 Å². The van der Waals surface area contributed by atoms with Crippen molar-refractivity contribution in [1.82, 2.24) is 19.7 Å². The lowest BCUT2D eigenvalue weighted by Gasteiger charge is -2.15. The zero-order chi connectivity index (χ0) is 20.0. The molecule has 6 heteroatoms. The van der Waals surface area contributed by atoms with Gasteiger partial charge in [-0.05, 0) is 49.9 Å². The molecule has 0 radical (unpaired) electrons. The lowest BCUT2D eigenvalue weighted by atomic mass is 10.1. The van der Waals surface area contributed by atoms with E-state index in [4.69, 9.17) is 5.10 Å². The van der Waals surface area contributed by atoms with Crippen molar-refractivity contribution in [3.05, 3.63) is 76.1 Å². The Morgan fingerprint density at radius 1 is 1.14 bits per heavy atom. The molecule has 0 fully saturated rings. The summed E-state index contributed by atoms with van der Waals surface area (Å²) < 4.78 is 3.13. The molecule has 2 aromatic carbocycles. The standard InChI is InChI=1S/C23H22N4OS/c1-15-8-3-5-11-18(15)27-19-12-7-9-16(19)22(25-27)23(28)26(2)14-21-24-17-10-4-6-13-20(17)29-21/h3-6,8,10-11,13H,7,9,12,14H2,1-2H3. The van der Waals surface area contributed by atoms with Gasteiger partial charge in [0.2, 0.25) is 0 Å². The molecule has 0 N–H and O–H groups in total. The first-order valence-corrected chi connectivity index (χ1v) is 10.7. The topological polar surface area (TPSA) is 51.0 Å². The predicted molar refractivity (Wildman–Crippen MR) is 116 cm³/mol. The van der Waals surface area contributed by atoms with Crippen molar-refractivity contribution >= 4 is 27.5 Å². The summed E-state index contributed by atoms with van der Waals surface area (Å²) in [5.74, 6) is -0.0326. The summed E-state index contributed by atoms with van der Waals surface area (Å²) in [6.45, 7) is 2.57. The molecule has 4 aromatic rings. The Labute approximate surface area is 173 Å². The van der Waals surface area contributed by atoms with Gasteiger partial charge in [-0.2, -0.15) is 5.10 Å². The largest absolute Gasteiger partial charge is 0.334 e. The van der Waals surface area contributed by atoms with Crippen molar-refractivity contribution in [2.45, 2.75) is 32.7 Å². The number of hydrogen-bond acceptors (Lipinski definition) is 4. The summed E-state index contributed by atoms with van der Waals surface area (Å²) in [4.78, 5) is 19.7. The van der Waals surface area contributed by atoms with Crippen molar-refractivity contribution in [3.8, 4) is 5.69 Å². The highest BCUT2D eigenvalue weighted by Crippen LogP contribution is 2.30. The van der Waals surface area contributed by atoms with Crippen LogP contribution >= 0.6 is 11.3 Å². The summed E-state index contributed by atoms with van der Waals surface area (Å²) in [6.07, 6.45) is 2.95. The highest BCUT2D eigenvalue weighted by atomic mass is 32.1. The lowest BCUT2D eigenvalue weighted by Crippen LogP contribution is -2.27. The quantitative estimate of drug-likeness (QED) is 0.503. The fourth-order valence-electron chi connectivity index (χ4n) is 4.05.